The summed E-state index contributed by atoms with van der Waals surface area (Å²) < 4.78 is 21.3. The quantitative estimate of drug-likeness (QED) is 0.582. The number of fused-ring (bicyclic) bond motifs is 5. The summed E-state index contributed by atoms with van der Waals surface area (Å²) in [6.45, 7) is 2.12. The van der Waals surface area contributed by atoms with E-state index in [0.717, 1.165) is 51.4 Å². The van der Waals surface area contributed by atoms with E-state index in [0.29, 0.717) is 24.2 Å². The fourth-order valence-corrected chi connectivity index (χ4v) is 7.37. The van der Waals surface area contributed by atoms with Crippen LogP contribution >= 0.6 is 0 Å². The first kappa shape index (κ1) is 18.5. The van der Waals surface area contributed by atoms with Crippen molar-refractivity contribution in [2.75, 3.05) is 7.11 Å². The number of carbonyl (C=O) groups is 1. The molecule has 0 amide bonds. The summed E-state index contributed by atoms with van der Waals surface area (Å²) in [5, 5.41) is 10.0. The van der Waals surface area contributed by atoms with Gasteiger partial charge in [-0.15, -0.1) is 0 Å². The van der Waals surface area contributed by atoms with Crippen LogP contribution in [0.3, 0.4) is 0 Å². The van der Waals surface area contributed by atoms with Gasteiger partial charge in [0.25, 0.3) is 0 Å². The molecule has 4 saturated carbocycles. The van der Waals surface area contributed by atoms with Crippen LogP contribution in [0.1, 0.15) is 64.7 Å². The first-order valence-corrected chi connectivity index (χ1v) is 10.5. The Morgan fingerprint density at radius 2 is 1.92 bits per heavy atom. The Morgan fingerprint density at radius 3 is 2.69 bits per heavy atom. The second-order valence-electron chi connectivity index (χ2n) is 9.58. The maximum Gasteiger partial charge on any atom is 0.330 e. The van der Waals surface area contributed by atoms with E-state index in [1.54, 1.807) is 0 Å². The summed E-state index contributed by atoms with van der Waals surface area (Å²) in [5.74, 6) is 1.64. The van der Waals surface area contributed by atoms with Gasteiger partial charge in [-0.3, -0.25) is 0 Å². The second kappa shape index (κ2) is 6.61. The Kier molecular flexibility index (Phi) is 4.70. The van der Waals surface area contributed by atoms with Gasteiger partial charge in [0.15, 0.2) is 0 Å². The topological polar surface area (TPSA) is 46.5 Å². The maximum atomic E-state index is 16.6. The molecule has 0 aromatic rings. The highest BCUT2D eigenvalue weighted by Gasteiger charge is 2.66. The monoisotopic (exact) mass is 364 g/mol. The largest absolute Gasteiger partial charge is 0.466 e. The van der Waals surface area contributed by atoms with E-state index < -0.39 is 5.67 Å². The molecule has 4 aliphatic rings. The van der Waals surface area contributed by atoms with Crippen LogP contribution in [-0.4, -0.2) is 30.0 Å². The van der Waals surface area contributed by atoms with Gasteiger partial charge >= 0.3 is 5.97 Å². The molecule has 0 saturated heterocycles. The Balaban J connectivity index is 1.56. The van der Waals surface area contributed by atoms with Crippen LogP contribution in [0, 0.1) is 35.0 Å². The zero-order valence-corrected chi connectivity index (χ0v) is 16.1. The predicted molar refractivity (Wildman–Crippen MR) is 98.1 cm³/mol. The van der Waals surface area contributed by atoms with E-state index in [1.807, 2.05) is 6.08 Å². The lowest BCUT2D eigenvalue weighted by molar-refractivity contribution is -0.143. The van der Waals surface area contributed by atoms with Crippen LogP contribution in [0.2, 0.25) is 0 Å². The average Bonchev–Trinajstić information content (AvgIpc) is 2.90. The van der Waals surface area contributed by atoms with Gasteiger partial charge in [-0.05, 0) is 87.4 Å². The van der Waals surface area contributed by atoms with Gasteiger partial charge in [-0.25, -0.2) is 9.18 Å². The van der Waals surface area contributed by atoms with Crippen LogP contribution in [0.15, 0.2) is 12.2 Å². The van der Waals surface area contributed by atoms with Crippen molar-refractivity contribution in [3.05, 3.63) is 12.2 Å². The standard InChI is InChI=1S/C22H33FO3/c1-21-11-10-18-17-6-5-16(24)13-14(17)3-7-19(18)22(21,23)12-9-15(21)4-8-20(25)26-2/h4,8,14-19,24H,3,5-7,9-13H2,1-2H3/b8-4+/t14-,15-,16+,17+,18-,19-,21-,22+/m1/s1. The van der Waals surface area contributed by atoms with Crippen LogP contribution < -0.4 is 0 Å². The molecule has 1 N–H and O–H groups in total. The number of rotatable bonds is 2. The van der Waals surface area contributed by atoms with Crippen LogP contribution in [-0.2, 0) is 9.53 Å². The van der Waals surface area contributed by atoms with Gasteiger partial charge in [-0.2, -0.15) is 0 Å². The van der Waals surface area contributed by atoms with Gasteiger partial charge in [0.05, 0.1) is 13.2 Å². The third-order valence-corrected chi connectivity index (χ3v) is 8.77. The molecule has 0 spiro atoms. The Labute approximate surface area is 156 Å². The number of aliphatic hydroxyl groups excluding tert-OH is 1. The van der Waals surface area contributed by atoms with Gasteiger partial charge in [-0.1, -0.05) is 13.0 Å². The summed E-state index contributed by atoms with van der Waals surface area (Å²) in [4.78, 5) is 11.5. The first-order chi connectivity index (χ1) is 12.4. The first-order valence-electron chi connectivity index (χ1n) is 10.5. The number of hydrogen-bond donors (Lipinski definition) is 1. The Hall–Kier alpha value is -0.900. The van der Waals surface area contributed by atoms with E-state index in [9.17, 15) is 9.90 Å². The van der Waals surface area contributed by atoms with Crippen LogP contribution in [0.4, 0.5) is 4.39 Å². The van der Waals surface area contributed by atoms with Crippen LogP contribution in [0.25, 0.3) is 0 Å². The van der Waals surface area contributed by atoms with E-state index in [2.05, 4.69) is 6.92 Å². The summed E-state index contributed by atoms with van der Waals surface area (Å²) >= 11 is 0. The van der Waals surface area contributed by atoms with E-state index in [4.69, 9.17) is 4.74 Å². The highest BCUT2D eigenvalue weighted by Crippen LogP contribution is 2.67. The number of hydrogen-bond acceptors (Lipinski definition) is 3. The van der Waals surface area contributed by atoms with Crippen molar-refractivity contribution in [2.45, 2.75) is 76.5 Å². The molecule has 0 bridgehead atoms. The smallest absolute Gasteiger partial charge is 0.330 e. The third kappa shape index (κ3) is 2.66. The van der Waals surface area contributed by atoms with E-state index in [-0.39, 0.29) is 29.3 Å². The Morgan fingerprint density at radius 1 is 1.12 bits per heavy atom. The highest BCUT2D eigenvalue weighted by molar-refractivity contribution is 5.81. The molecule has 0 radical (unpaired) electrons. The van der Waals surface area contributed by atoms with Crippen molar-refractivity contribution in [3.8, 4) is 0 Å². The number of carbonyl (C=O) groups excluding carboxylic acids is 1. The molecule has 0 aliphatic heterocycles. The minimum atomic E-state index is -1.11. The fourth-order valence-electron chi connectivity index (χ4n) is 7.37. The zero-order chi connectivity index (χ0) is 18.5. The van der Waals surface area contributed by atoms with Gasteiger partial charge in [0.2, 0.25) is 0 Å². The molecule has 4 fully saturated rings. The van der Waals surface area contributed by atoms with Gasteiger partial charge < -0.3 is 9.84 Å². The lowest BCUT2D eigenvalue weighted by atomic mass is 9.48. The summed E-state index contributed by atoms with van der Waals surface area (Å²) in [6.07, 6.45) is 11.7. The molecule has 4 heteroatoms. The number of esters is 1. The molecule has 0 aromatic heterocycles. The number of ether oxygens (including phenoxy) is 1. The molecular weight excluding hydrogens is 331 g/mol. The molecule has 4 rings (SSSR count). The van der Waals surface area contributed by atoms with E-state index >= 15 is 4.39 Å². The number of alkyl halides is 1. The summed E-state index contributed by atoms with van der Waals surface area (Å²) in [6, 6.07) is 0. The van der Waals surface area contributed by atoms with Crippen molar-refractivity contribution in [2.24, 2.45) is 35.0 Å². The molecule has 0 unspecified atom stereocenters. The highest BCUT2D eigenvalue weighted by atomic mass is 19.1. The van der Waals surface area contributed by atoms with Crippen molar-refractivity contribution in [1.29, 1.82) is 0 Å². The molecule has 3 nitrogen and oxygen atoms in total. The predicted octanol–water partition coefficient (Wildman–Crippen LogP) is 4.44. The van der Waals surface area contributed by atoms with Gasteiger partial charge in [0, 0.05) is 11.5 Å². The molecule has 0 aromatic carbocycles. The second-order valence-corrected chi connectivity index (χ2v) is 9.58. The molecule has 146 valence electrons. The maximum absolute atomic E-state index is 16.6. The molecule has 0 heterocycles. The average molecular weight is 365 g/mol. The summed E-state index contributed by atoms with van der Waals surface area (Å²) in [5.41, 5.74) is -1.47. The number of aliphatic hydroxyl groups is 1. The fraction of sp³-hybridized carbons (Fsp3) is 0.864. The summed E-state index contributed by atoms with van der Waals surface area (Å²) in [7, 11) is 1.38. The van der Waals surface area contributed by atoms with E-state index in [1.165, 1.54) is 13.2 Å². The number of methoxy groups -OCH3 is 1. The minimum absolute atomic E-state index is 0.124. The van der Waals surface area contributed by atoms with Crippen molar-refractivity contribution < 1.29 is 19.0 Å². The van der Waals surface area contributed by atoms with Gasteiger partial charge in [0.1, 0.15) is 5.67 Å². The van der Waals surface area contributed by atoms with Crippen molar-refractivity contribution in [1.82, 2.24) is 0 Å². The SMILES string of the molecule is COC(=O)/C=C/[C@@H]1CC[C@]2(F)[C@@H]3CC[C@@H]4C[C@@H](O)CC[C@@H]4[C@H]3CC[C@]12C. The third-order valence-electron chi connectivity index (χ3n) is 8.77. The lowest BCUT2D eigenvalue weighted by Gasteiger charge is -2.58. The molecule has 4 aliphatic carbocycles. The lowest BCUT2D eigenvalue weighted by Crippen LogP contribution is -2.57. The molecular formula is C22H33FO3. The Bertz CT molecular complexity index is 590. The normalized spacial score (nSPS) is 50.8. The molecule has 26 heavy (non-hydrogen) atoms. The van der Waals surface area contributed by atoms with Crippen LogP contribution in [0.5, 0.6) is 0 Å². The zero-order valence-electron chi connectivity index (χ0n) is 16.1. The van der Waals surface area contributed by atoms with Crippen molar-refractivity contribution >= 4 is 5.97 Å². The van der Waals surface area contributed by atoms with Crippen molar-refractivity contribution in [3.63, 3.8) is 0 Å². The number of halogens is 1. The molecule has 8 atom stereocenters. The minimum Gasteiger partial charge on any atom is -0.466 e. The number of allylic oxidation sites excluding steroid dienone is 1.